The number of benzene rings is 1. The van der Waals surface area contributed by atoms with Crippen molar-refractivity contribution < 1.29 is 14.2 Å². The molecule has 0 saturated heterocycles. The lowest BCUT2D eigenvalue weighted by Gasteiger charge is -2.09. The first kappa shape index (κ1) is 29.2. The van der Waals surface area contributed by atoms with Gasteiger partial charge in [-0.1, -0.05) is 54.0 Å². The van der Waals surface area contributed by atoms with Gasteiger partial charge in [0.25, 0.3) is 0 Å². The summed E-state index contributed by atoms with van der Waals surface area (Å²) in [6.07, 6.45) is 4.63. The maximum Gasteiger partial charge on any atom is 0.188 e. The number of aryl methyl sites for hydroxylation is 2. The van der Waals surface area contributed by atoms with Crippen molar-refractivity contribution >= 4 is 49.0 Å². The summed E-state index contributed by atoms with van der Waals surface area (Å²) < 4.78 is 18.4. The Balaban J connectivity index is 0.00000212. The van der Waals surface area contributed by atoms with Crippen LogP contribution in [0, 0.1) is 13.8 Å². The first-order chi connectivity index (χ1) is 14.8. The Morgan fingerprint density at radius 3 is 2.19 bits per heavy atom. The van der Waals surface area contributed by atoms with Crippen LogP contribution in [0.5, 0.6) is 5.75 Å². The summed E-state index contributed by atoms with van der Waals surface area (Å²) in [7, 11) is 0. The van der Waals surface area contributed by atoms with E-state index in [1.165, 1.54) is 6.08 Å². The highest BCUT2D eigenvalue weighted by molar-refractivity contribution is 9.11. The minimum atomic E-state index is -0.0335. The predicted molar refractivity (Wildman–Crippen MR) is 133 cm³/mol. The van der Waals surface area contributed by atoms with Gasteiger partial charge in [-0.05, 0) is 77.4 Å². The highest BCUT2D eigenvalue weighted by atomic mass is 79.9. The van der Waals surface area contributed by atoms with Gasteiger partial charge in [0.05, 0.1) is 10.7 Å². The summed E-state index contributed by atoms with van der Waals surface area (Å²) in [5, 5.41) is 8.89. The van der Waals surface area contributed by atoms with E-state index in [9.17, 15) is 4.53 Å². The lowest BCUT2D eigenvalue weighted by atomic mass is 10.1. The second kappa shape index (κ2) is 15.9. The van der Waals surface area contributed by atoms with Crippen molar-refractivity contribution in [2.24, 2.45) is 0 Å². The fourth-order valence-electron chi connectivity index (χ4n) is 2.13. The van der Waals surface area contributed by atoms with E-state index in [2.05, 4.69) is 58.6 Å². The molecule has 0 bridgehead atoms. The summed E-state index contributed by atoms with van der Waals surface area (Å²) in [6, 6.07) is 3.72. The highest BCUT2D eigenvalue weighted by Gasteiger charge is 2.07. The lowest BCUT2D eigenvalue weighted by Crippen LogP contribution is -2.04. The summed E-state index contributed by atoms with van der Waals surface area (Å²) in [6.45, 7) is 13.4. The Labute approximate surface area is 205 Å². The van der Waals surface area contributed by atoms with Gasteiger partial charge in [0.1, 0.15) is 18.1 Å². The molecule has 31 heavy (non-hydrogen) atoms. The molecule has 0 saturated carbocycles. The van der Waals surface area contributed by atoms with E-state index >= 15 is 0 Å². The molecule has 0 N–H and O–H groups in total. The Kier molecular flexibility index (Phi) is 15.0. The van der Waals surface area contributed by atoms with E-state index < -0.39 is 0 Å². The second-order valence-corrected chi connectivity index (χ2v) is 7.12. The van der Waals surface area contributed by atoms with Crippen molar-refractivity contribution in [1.82, 2.24) is 15.2 Å². The van der Waals surface area contributed by atoms with Crippen molar-refractivity contribution in [3.05, 3.63) is 75.0 Å². The molecule has 0 fully saturated rings. The van der Waals surface area contributed by atoms with Crippen LogP contribution < -0.4 is 4.74 Å². The van der Waals surface area contributed by atoms with E-state index in [4.69, 9.17) is 16.3 Å². The number of aromatic nitrogens is 3. The van der Waals surface area contributed by atoms with Crippen molar-refractivity contribution in [3.8, 4) is 5.75 Å². The van der Waals surface area contributed by atoms with Gasteiger partial charge in [-0.25, -0.2) is 4.98 Å². The van der Waals surface area contributed by atoms with Crippen LogP contribution in [0.2, 0.25) is 5.02 Å². The average molecular weight is 580 g/mol. The standard InChI is InChI=1S/C19H18BrClFN3O2.C2H6.CH3Br/c1-11(5-6-17(27-22)14(4)20)16-9-23-18(25-24-16)10-26-15-7-12(2)19(21)13(3)8-15;2*1-2/h5-9H,4,10H2,1-3H3;1-2H3;1H3/b11-5+,17-6+;;. The first-order valence-electron chi connectivity index (χ1n) is 9.30. The van der Waals surface area contributed by atoms with Gasteiger partial charge in [0.2, 0.25) is 0 Å². The Morgan fingerprint density at radius 2 is 1.74 bits per heavy atom. The van der Waals surface area contributed by atoms with Gasteiger partial charge in [-0.3, -0.25) is 4.94 Å². The molecule has 0 spiro atoms. The maximum atomic E-state index is 12.4. The molecule has 0 unspecified atom stereocenters. The topological polar surface area (TPSA) is 57.1 Å². The Morgan fingerprint density at radius 1 is 1.16 bits per heavy atom. The van der Waals surface area contributed by atoms with Crippen LogP contribution in [-0.2, 0) is 11.5 Å². The molecule has 5 nitrogen and oxygen atoms in total. The molecule has 0 aliphatic rings. The van der Waals surface area contributed by atoms with Crippen molar-refractivity contribution in [2.75, 3.05) is 5.83 Å². The zero-order chi connectivity index (χ0) is 24.0. The van der Waals surface area contributed by atoms with Gasteiger partial charge in [-0.15, -0.1) is 10.2 Å². The fraction of sp³-hybridized carbons (Fsp3) is 0.318. The van der Waals surface area contributed by atoms with Gasteiger partial charge in [0, 0.05) is 9.55 Å². The lowest BCUT2D eigenvalue weighted by molar-refractivity contribution is -0.0769. The zero-order valence-corrected chi connectivity index (χ0v) is 22.4. The van der Waals surface area contributed by atoms with E-state index in [-0.39, 0.29) is 12.4 Å². The first-order valence-corrected chi connectivity index (χ1v) is 12.1. The third-order valence-electron chi connectivity index (χ3n) is 3.63. The SMILES string of the molecule is C=C(Br)/C(=C\C=C(/C)c1cnc(COc2cc(C)c(Cl)c(C)c2)nn1)OF.CBr.CC. The summed E-state index contributed by atoms with van der Waals surface area (Å²) in [5.41, 5.74) is 3.16. The maximum absolute atomic E-state index is 12.4. The molecule has 1 aromatic carbocycles. The molecule has 0 aliphatic carbocycles. The van der Waals surface area contributed by atoms with E-state index in [0.717, 1.165) is 21.7 Å². The molecule has 1 aromatic heterocycles. The molecular weight excluding hydrogens is 553 g/mol. The molecule has 2 rings (SSSR count). The van der Waals surface area contributed by atoms with Crippen LogP contribution in [0.3, 0.4) is 0 Å². The zero-order valence-electron chi connectivity index (χ0n) is 18.5. The smallest absolute Gasteiger partial charge is 0.188 e. The molecule has 0 amide bonds. The fourth-order valence-corrected chi connectivity index (χ4v) is 2.43. The number of nitrogens with zero attached hydrogens (tertiary/aromatic N) is 3. The number of rotatable bonds is 7. The second-order valence-electron chi connectivity index (χ2n) is 5.78. The van der Waals surface area contributed by atoms with Crippen molar-refractivity contribution in [2.45, 2.75) is 41.2 Å². The summed E-state index contributed by atoms with van der Waals surface area (Å²) in [5.74, 6) is 2.91. The van der Waals surface area contributed by atoms with Crippen LogP contribution >= 0.6 is 43.5 Å². The molecule has 2 aromatic rings. The van der Waals surface area contributed by atoms with Crippen LogP contribution in [0.1, 0.15) is 43.4 Å². The van der Waals surface area contributed by atoms with Gasteiger partial charge in [0.15, 0.2) is 11.6 Å². The highest BCUT2D eigenvalue weighted by Crippen LogP contribution is 2.26. The van der Waals surface area contributed by atoms with E-state index in [1.807, 2.05) is 45.7 Å². The van der Waals surface area contributed by atoms with E-state index in [1.54, 1.807) is 19.2 Å². The third-order valence-corrected chi connectivity index (χ3v) is 4.61. The molecule has 170 valence electrons. The number of allylic oxidation sites excluding steroid dienone is 4. The van der Waals surface area contributed by atoms with E-state index in [0.29, 0.717) is 21.8 Å². The monoisotopic (exact) mass is 577 g/mol. The van der Waals surface area contributed by atoms with Crippen molar-refractivity contribution in [3.63, 3.8) is 0 Å². The minimum absolute atomic E-state index is 0.0335. The van der Waals surface area contributed by atoms with Crippen LogP contribution in [0.4, 0.5) is 4.53 Å². The summed E-state index contributed by atoms with van der Waals surface area (Å²) >= 11 is 12.1. The van der Waals surface area contributed by atoms with Crippen LogP contribution in [0.15, 0.2) is 47.3 Å². The quantitative estimate of drug-likeness (QED) is 0.190. The largest absolute Gasteiger partial charge is 0.486 e. The molecular formula is C22H27Br2ClFN3O2. The van der Waals surface area contributed by atoms with Crippen molar-refractivity contribution in [1.29, 1.82) is 0 Å². The number of hydrogen-bond donors (Lipinski definition) is 0. The van der Waals surface area contributed by atoms with Gasteiger partial charge in [-0.2, -0.15) is 0 Å². The number of hydrogen-bond acceptors (Lipinski definition) is 5. The average Bonchev–Trinajstić information content (AvgIpc) is 2.79. The Bertz CT molecular complexity index is 881. The molecule has 1 heterocycles. The number of alkyl halides is 1. The third kappa shape index (κ3) is 9.93. The van der Waals surface area contributed by atoms with Crippen LogP contribution in [-0.4, -0.2) is 21.0 Å². The number of halogens is 4. The van der Waals surface area contributed by atoms with Crippen LogP contribution in [0.25, 0.3) is 5.57 Å². The molecule has 0 radical (unpaired) electrons. The van der Waals surface area contributed by atoms with Gasteiger partial charge >= 0.3 is 0 Å². The summed E-state index contributed by atoms with van der Waals surface area (Å²) in [4.78, 5) is 7.95. The number of ether oxygens (including phenoxy) is 1. The van der Waals surface area contributed by atoms with Gasteiger partial charge < -0.3 is 4.74 Å². The molecule has 0 aliphatic heterocycles. The Hall–Kier alpha value is -1.77. The molecule has 0 atom stereocenters. The predicted octanol–water partition coefficient (Wildman–Crippen LogP) is 7.86. The molecule has 9 heteroatoms. The minimum Gasteiger partial charge on any atom is -0.486 e. The normalized spacial score (nSPS) is 10.9.